The third-order valence-corrected chi connectivity index (χ3v) is 4.82. The molecule has 0 aliphatic carbocycles. The van der Waals surface area contributed by atoms with Crippen LogP contribution in [0.1, 0.15) is 5.69 Å². The second-order valence-electron chi connectivity index (χ2n) is 3.57. The first kappa shape index (κ1) is 7.86. The van der Waals surface area contributed by atoms with Crippen LogP contribution in [0, 0.1) is 6.92 Å². The third-order valence-electron chi connectivity index (χ3n) is 1.41. The number of aryl methyl sites for hydroxylation is 1. The van der Waals surface area contributed by atoms with Crippen LogP contribution in [0.15, 0.2) is 12.3 Å². The van der Waals surface area contributed by atoms with Crippen LogP contribution in [0.3, 0.4) is 0 Å². The van der Waals surface area contributed by atoms with Gasteiger partial charge >= 0.3 is 64.4 Å². The van der Waals surface area contributed by atoms with E-state index in [0.717, 1.165) is 5.69 Å². The molecule has 0 aliphatic heterocycles. The Hall–Kier alpha value is -0.247. The van der Waals surface area contributed by atoms with Crippen molar-refractivity contribution < 1.29 is 0 Å². The normalized spacial score (nSPS) is 12.0. The summed E-state index contributed by atoms with van der Waals surface area (Å²) < 4.78 is 2.16. The van der Waals surface area contributed by atoms with Crippen LogP contribution in [0.25, 0.3) is 0 Å². The number of hydrogen-bond donors (Lipinski definition) is 0. The molecule has 0 atom stereocenters. The molecule has 0 N–H and O–H groups in total. The summed E-state index contributed by atoms with van der Waals surface area (Å²) in [5, 5.41) is 4.38. The monoisotopic (exact) mass is 200 g/mol. The molecule has 1 aromatic heterocycles. The van der Waals surface area contributed by atoms with Gasteiger partial charge in [-0.15, -0.1) is 0 Å². The number of hydrogen-bond acceptors (Lipinski definition) is 1. The Morgan fingerprint density at radius 3 is 2.20 bits per heavy atom. The fourth-order valence-electron chi connectivity index (χ4n) is 0.789. The average Bonchev–Trinajstić information content (AvgIpc) is 2.11. The fourth-order valence-corrected chi connectivity index (χ4v) is 2.84. The van der Waals surface area contributed by atoms with Gasteiger partial charge in [0.1, 0.15) is 0 Å². The van der Waals surface area contributed by atoms with E-state index in [1.165, 1.54) is 0 Å². The summed E-state index contributed by atoms with van der Waals surface area (Å²) in [5.74, 6) is 6.98. The second kappa shape index (κ2) is 2.42. The van der Waals surface area contributed by atoms with Crippen molar-refractivity contribution in [3.8, 4) is 0 Å². The molecule has 0 amide bonds. The minimum absolute atomic E-state index is 1.13. The molecule has 2 nitrogen and oxygen atoms in total. The summed E-state index contributed by atoms with van der Waals surface area (Å²) in [7, 11) is 0. The van der Waals surface area contributed by atoms with E-state index >= 15 is 0 Å². The second-order valence-corrected chi connectivity index (χ2v) is 13.6. The fraction of sp³-hybridized carbons (Fsp3) is 0.571. The van der Waals surface area contributed by atoms with Gasteiger partial charge in [0, 0.05) is 0 Å². The van der Waals surface area contributed by atoms with E-state index in [-0.39, 0.29) is 0 Å². The first-order valence-electron chi connectivity index (χ1n) is 3.53. The van der Waals surface area contributed by atoms with Gasteiger partial charge in [0.05, 0.1) is 0 Å². The van der Waals surface area contributed by atoms with Crippen molar-refractivity contribution in [1.29, 1.82) is 0 Å². The van der Waals surface area contributed by atoms with Gasteiger partial charge in [-0.1, -0.05) is 0 Å². The molecular formula is C7H14GeN2. The molecule has 10 heavy (non-hydrogen) atoms. The van der Waals surface area contributed by atoms with Crippen LogP contribution in [0.4, 0.5) is 0 Å². The van der Waals surface area contributed by atoms with Gasteiger partial charge in [-0.3, -0.25) is 0 Å². The topological polar surface area (TPSA) is 17.8 Å². The zero-order valence-corrected chi connectivity index (χ0v) is 9.15. The Balaban J connectivity index is 2.96. The quantitative estimate of drug-likeness (QED) is 0.631. The zero-order valence-electron chi connectivity index (χ0n) is 7.05. The van der Waals surface area contributed by atoms with Gasteiger partial charge in [-0.05, 0) is 0 Å². The molecule has 0 bridgehead atoms. The molecule has 0 aromatic carbocycles. The molecule has 1 aromatic rings. The van der Waals surface area contributed by atoms with Gasteiger partial charge in [-0.25, -0.2) is 0 Å². The molecule has 0 saturated heterocycles. The molecule has 0 unspecified atom stereocenters. The van der Waals surface area contributed by atoms with Crippen LogP contribution in [0.5, 0.6) is 0 Å². The molecule has 0 saturated carbocycles. The SMILES string of the molecule is Cc1cc[n]([Ge]([CH3])([CH3])[CH3])n1. The molecule has 3 heteroatoms. The van der Waals surface area contributed by atoms with Crippen molar-refractivity contribution >= 4 is 13.5 Å². The summed E-state index contributed by atoms with van der Waals surface area (Å²) in [5.41, 5.74) is 1.13. The van der Waals surface area contributed by atoms with Crippen molar-refractivity contribution in [2.75, 3.05) is 0 Å². The van der Waals surface area contributed by atoms with E-state index in [2.05, 4.69) is 38.3 Å². The standard InChI is InChI=1S/C7H14GeN2/c1-7-5-6-10(9-7)8(2,3)4/h5-6H,1-4H3. The molecule has 0 spiro atoms. The summed E-state index contributed by atoms with van der Waals surface area (Å²) in [6.45, 7) is 2.03. The number of aromatic nitrogens is 2. The zero-order chi connectivity index (χ0) is 7.78. The molecule has 1 heterocycles. The Morgan fingerprint density at radius 2 is 2.00 bits per heavy atom. The van der Waals surface area contributed by atoms with Gasteiger partial charge in [0.25, 0.3) is 0 Å². The summed E-state index contributed by atoms with van der Waals surface area (Å²) in [4.78, 5) is 0. The van der Waals surface area contributed by atoms with E-state index in [1.807, 2.05) is 6.92 Å². The summed E-state index contributed by atoms with van der Waals surface area (Å²) in [6, 6.07) is 2.07. The van der Waals surface area contributed by atoms with Crippen molar-refractivity contribution in [1.82, 2.24) is 8.74 Å². The maximum atomic E-state index is 4.38. The van der Waals surface area contributed by atoms with Crippen molar-refractivity contribution in [3.05, 3.63) is 18.0 Å². The van der Waals surface area contributed by atoms with E-state index in [1.54, 1.807) is 0 Å². The molecule has 0 aliphatic rings. The predicted molar refractivity (Wildman–Crippen MR) is 45.7 cm³/mol. The predicted octanol–water partition coefficient (Wildman–Crippen LogP) is 1.87. The van der Waals surface area contributed by atoms with Gasteiger partial charge in [-0.2, -0.15) is 0 Å². The van der Waals surface area contributed by atoms with E-state index in [9.17, 15) is 0 Å². The van der Waals surface area contributed by atoms with E-state index in [4.69, 9.17) is 0 Å². The molecule has 56 valence electrons. The van der Waals surface area contributed by atoms with E-state index < -0.39 is 13.5 Å². The van der Waals surface area contributed by atoms with Crippen molar-refractivity contribution in [3.63, 3.8) is 0 Å². The van der Waals surface area contributed by atoms with Gasteiger partial charge < -0.3 is 0 Å². The Bertz CT molecular complexity index is 222. The van der Waals surface area contributed by atoms with Crippen LogP contribution in [-0.2, 0) is 0 Å². The average molecular weight is 199 g/mol. The van der Waals surface area contributed by atoms with Crippen LogP contribution in [0.2, 0.25) is 17.3 Å². The van der Waals surface area contributed by atoms with Crippen LogP contribution >= 0.6 is 0 Å². The summed E-state index contributed by atoms with van der Waals surface area (Å²) >= 11 is -1.67. The van der Waals surface area contributed by atoms with Crippen LogP contribution in [-0.4, -0.2) is 22.2 Å². The van der Waals surface area contributed by atoms with Crippen molar-refractivity contribution in [2.24, 2.45) is 0 Å². The Kier molecular flexibility index (Phi) is 1.90. The third kappa shape index (κ3) is 1.62. The van der Waals surface area contributed by atoms with Gasteiger partial charge in [0.15, 0.2) is 0 Å². The van der Waals surface area contributed by atoms with Crippen molar-refractivity contribution in [2.45, 2.75) is 24.2 Å². The first-order chi connectivity index (χ1) is 4.50. The van der Waals surface area contributed by atoms with E-state index in [0.29, 0.717) is 0 Å². The molecule has 0 radical (unpaired) electrons. The number of nitrogens with zero attached hydrogens (tertiary/aromatic N) is 2. The minimum atomic E-state index is -1.67. The molecular weight excluding hydrogens is 185 g/mol. The Morgan fingerprint density at radius 1 is 1.40 bits per heavy atom. The summed E-state index contributed by atoms with van der Waals surface area (Å²) in [6.07, 6.45) is 2.09. The Labute approximate surface area is 64.8 Å². The van der Waals surface area contributed by atoms with Crippen LogP contribution < -0.4 is 0 Å². The molecule has 0 fully saturated rings. The van der Waals surface area contributed by atoms with Gasteiger partial charge in [0.2, 0.25) is 0 Å². The maximum absolute atomic E-state index is 4.38. The number of rotatable bonds is 1. The first-order valence-corrected chi connectivity index (χ1v) is 10.8. The molecule has 1 rings (SSSR count).